The van der Waals surface area contributed by atoms with Gasteiger partial charge in [-0.2, -0.15) is 0 Å². The summed E-state index contributed by atoms with van der Waals surface area (Å²) in [6.07, 6.45) is 3.41. The molecule has 4 nitrogen and oxygen atoms in total. The van der Waals surface area contributed by atoms with Crippen LogP contribution in [0.4, 0.5) is 0 Å². The highest BCUT2D eigenvalue weighted by molar-refractivity contribution is 6.36. The average Bonchev–Trinajstić information content (AvgIpc) is 2.12. The maximum Gasteiger partial charge on any atom is 0.377 e. The van der Waals surface area contributed by atoms with Crippen molar-refractivity contribution in [3.8, 4) is 0 Å². The van der Waals surface area contributed by atoms with E-state index < -0.39 is 17.4 Å². The van der Waals surface area contributed by atoms with Gasteiger partial charge >= 0.3 is 5.97 Å². The number of hydrogen-bond acceptors (Lipinski definition) is 4. The summed E-state index contributed by atoms with van der Waals surface area (Å²) in [5, 5.41) is 9.51. The highest BCUT2D eigenvalue weighted by atomic mass is 16.5. The van der Waals surface area contributed by atoms with Gasteiger partial charge in [0.2, 0.25) is 0 Å². The number of carbonyl (C=O) groups is 2. The Morgan fingerprint density at radius 3 is 2.46 bits per heavy atom. The van der Waals surface area contributed by atoms with Crippen LogP contribution in [0.15, 0.2) is 12.2 Å². The van der Waals surface area contributed by atoms with E-state index in [1.807, 2.05) is 0 Å². The maximum atomic E-state index is 11.1. The van der Waals surface area contributed by atoms with Crippen molar-refractivity contribution in [2.24, 2.45) is 0 Å². The van der Waals surface area contributed by atoms with Gasteiger partial charge in [-0.3, -0.25) is 4.79 Å². The van der Waals surface area contributed by atoms with E-state index >= 15 is 0 Å². The van der Waals surface area contributed by atoms with Crippen LogP contribution in [0.2, 0.25) is 0 Å². The monoisotopic (exact) mass is 186 g/mol. The third-order valence-corrected chi connectivity index (χ3v) is 1.61. The van der Waals surface area contributed by atoms with Crippen LogP contribution in [-0.2, 0) is 14.3 Å². The molecule has 0 unspecified atom stereocenters. The van der Waals surface area contributed by atoms with Crippen LogP contribution in [0, 0.1) is 0 Å². The van der Waals surface area contributed by atoms with E-state index in [0.29, 0.717) is 0 Å². The summed E-state index contributed by atoms with van der Waals surface area (Å²) in [4.78, 5) is 21.9. The Kier molecular flexibility index (Phi) is 4.34. The third-order valence-electron chi connectivity index (χ3n) is 1.61. The fraction of sp³-hybridized carbons (Fsp3) is 0.556. The Balaban J connectivity index is 4.44. The first-order valence-corrected chi connectivity index (χ1v) is 3.92. The van der Waals surface area contributed by atoms with Gasteiger partial charge in [0.05, 0.1) is 7.11 Å². The van der Waals surface area contributed by atoms with Gasteiger partial charge in [-0.25, -0.2) is 4.79 Å². The van der Waals surface area contributed by atoms with Crippen LogP contribution < -0.4 is 0 Å². The number of aliphatic hydroxyl groups is 1. The minimum atomic E-state index is -1.67. The largest absolute Gasteiger partial charge is 0.463 e. The number of allylic oxidation sites excluding steroid dienone is 1. The zero-order valence-corrected chi connectivity index (χ0v) is 8.03. The van der Waals surface area contributed by atoms with E-state index in [-0.39, 0.29) is 6.42 Å². The van der Waals surface area contributed by atoms with Crippen LogP contribution in [0.5, 0.6) is 0 Å². The lowest BCUT2D eigenvalue weighted by Gasteiger charge is -2.17. The van der Waals surface area contributed by atoms with Crippen LogP contribution in [0.25, 0.3) is 0 Å². The third kappa shape index (κ3) is 3.38. The Bertz CT molecular complexity index is 228. The molecule has 0 heterocycles. The number of hydrogen-bond donors (Lipinski definition) is 1. The smallest absolute Gasteiger partial charge is 0.377 e. The van der Waals surface area contributed by atoms with E-state index in [1.165, 1.54) is 6.92 Å². The van der Waals surface area contributed by atoms with E-state index in [9.17, 15) is 14.7 Å². The van der Waals surface area contributed by atoms with Crippen LogP contribution in [0.3, 0.4) is 0 Å². The van der Waals surface area contributed by atoms with E-state index in [1.54, 1.807) is 19.1 Å². The van der Waals surface area contributed by atoms with Gasteiger partial charge in [0.15, 0.2) is 0 Å². The molecular formula is C9H14O4. The molecule has 0 bridgehead atoms. The first kappa shape index (κ1) is 11.8. The molecule has 0 saturated carbocycles. The lowest BCUT2D eigenvalue weighted by atomic mass is 9.96. The summed E-state index contributed by atoms with van der Waals surface area (Å²) < 4.78 is 4.21. The predicted octanol–water partition coefficient (Wildman–Crippen LogP) is 0.446. The van der Waals surface area contributed by atoms with Gasteiger partial charge in [-0.05, 0) is 13.8 Å². The van der Waals surface area contributed by atoms with Crippen molar-refractivity contribution in [2.45, 2.75) is 25.9 Å². The second kappa shape index (κ2) is 4.77. The zero-order valence-electron chi connectivity index (χ0n) is 8.03. The molecule has 1 N–H and O–H groups in total. The van der Waals surface area contributed by atoms with Gasteiger partial charge in [-0.15, -0.1) is 0 Å². The number of carbonyl (C=O) groups excluding carboxylic acids is 2. The fourth-order valence-corrected chi connectivity index (χ4v) is 0.753. The topological polar surface area (TPSA) is 63.6 Å². The molecule has 0 saturated heterocycles. The van der Waals surface area contributed by atoms with Gasteiger partial charge in [0.1, 0.15) is 5.60 Å². The van der Waals surface area contributed by atoms with Crippen molar-refractivity contribution in [1.82, 2.24) is 0 Å². The highest BCUT2D eigenvalue weighted by Gasteiger charge is 2.34. The summed E-state index contributed by atoms with van der Waals surface area (Å²) in [7, 11) is 1.10. The number of Topliss-reactive ketones (excluding diaryl/α,β-unsaturated/α-hetero) is 1. The minimum Gasteiger partial charge on any atom is -0.463 e. The van der Waals surface area contributed by atoms with Gasteiger partial charge in [-0.1, -0.05) is 12.2 Å². The second-order valence-corrected chi connectivity index (χ2v) is 2.87. The SMILES string of the molecule is C/C=C/C[C@@](C)(O)C(=O)C(=O)OC. The number of methoxy groups -OCH3 is 1. The van der Waals surface area contributed by atoms with Crippen molar-refractivity contribution >= 4 is 11.8 Å². The van der Waals surface area contributed by atoms with Crippen LogP contribution in [0.1, 0.15) is 20.3 Å². The number of rotatable bonds is 4. The number of ketones is 1. The summed E-state index contributed by atoms with van der Waals surface area (Å²) in [6.45, 7) is 3.05. The summed E-state index contributed by atoms with van der Waals surface area (Å²) in [6, 6.07) is 0. The zero-order chi connectivity index (χ0) is 10.5. The molecule has 0 aliphatic carbocycles. The van der Waals surface area contributed by atoms with Gasteiger partial charge < -0.3 is 9.84 Å². The molecule has 4 heteroatoms. The van der Waals surface area contributed by atoms with E-state index in [0.717, 1.165) is 7.11 Å². The van der Waals surface area contributed by atoms with E-state index in [2.05, 4.69) is 4.74 Å². The molecule has 1 atom stereocenters. The second-order valence-electron chi connectivity index (χ2n) is 2.87. The fourth-order valence-electron chi connectivity index (χ4n) is 0.753. The first-order valence-electron chi connectivity index (χ1n) is 3.92. The molecule has 0 aromatic rings. The lowest BCUT2D eigenvalue weighted by Crippen LogP contribution is -2.40. The first-order chi connectivity index (χ1) is 5.95. The molecule has 0 aliphatic heterocycles. The summed E-state index contributed by atoms with van der Waals surface area (Å²) >= 11 is 0. The standard InChI is InChI=1S/C9H14O4/c1-4-5-6-9(2,12)7(10)8(11)13-3/h4-5,12H,6H2,1-3H3/b5-4+/t9-/m1/s1. The van der Waals surface area contributed by atoms with Crippen molar-refractivity contribution in [1.29, 1.82) is 0 Å². The maximum absolute atomic E-state index is 11.1. The molecule has 0 aliphatic rings. The van der Waals surface area contributed by atoms with Crippen molar-refractivity contribution in [3.05, 3.63) is 12.2 Å². The van der Waals surface area contributed by atoms with Crippen molar-refractivity contribution < 1.29 is 19.4 Å². The Hall–Kier alpha value is -1.16. The predicted molar refractivity (Wildman–Crippen MR) is 47.1 cm³/mol. The molecule has 0 spiro atoms. The average molecular weight is 186 g/mol. The molecule has 0 radical (unpaired) electrons. The summed E-state index contributed by atoms with van der Waals surface area (Å²) in [5.74, 6) is -1.94. The van der Waals surface area contributed by atoms with E-state index in [4.69, 9.17) is 0 Å². The van der Waals surface area contributed by atoms with Gasteiger partial charge in [0.25, 0.3) is 5.78 Å². The minimum absolute atomic E-state index is 0.109. The highest BCUT2D eigenvalue weighted by Crippen LogP contribution is 2.12. The molecule has 13 heavy (non-hydrogen) atoms. The normalized spacial score (nSPS) is 15.4. The number of esters is 1. The van der Waals surface area contributed by atoms with Gasteiger partial charge in [0, 0.05) is 6.42 Å². The Labute approximate surface area is 77.2 Å². The lowest BCUT2D eigenvalue weighted by molar-refractivity contribution is -0.159. The molecule has 0 aromatic carbocycles. The molecular weight excluding hydrogens is 172 g/mol. The van der Waals surface area contributed by atoms with Crippen LogP contribution >= 0.6 is 0 Å². The molecule has 74 valence electrons. The Morgan fingerprint density at radius 2 is 2.08 bits per heavy atom. The molecule has 0 aromatic heterocycles. The quantitative estimate of drug-likeness (QED) is 0.393. The van der Waals surface area contributed by atoms with Crippen molar-refractivity contribution in [2.75, 3.05) is 7.11 Å². The number of ether oxygens (including phenoxy) is 1. The molecule has 0 amide bonds. The Morgan fingerprint density at radius 1 is 1.54 bits per heavy atom. The summed E-state index contributed by atoms with van der Waals surface area (Å²) in [5.41, 5.74) is -1.67. The molecule has 0 rings (SSSR count). The molecule has 0 fully saturated rings. The van der Waals surface area contributed by atoms with Crippen LogP contribution in [-0.4, -0.2) is 29.6 Å². The van der Waals surface area contributed by atoms with Crippen molar-refractivity contribution in [3.63, 3.8) is 0 Å².